The second-order valence-corrected chi connectivity index (χ2v) is 5.45. The van der Waals surface area contributed by atoms with Crippen molar-refractivity contribution in [3.05, 3.63) is 0 Å². The zero-order valence-corrected chi connectivity index (χ0v) is 12.9. The molecule has 5 nitrogen and oxygen atoms in total. The maximum atomic E-state index is 11.8. The van der Waals surface area contributed by atoms with E-state index in [-0.39, 0.29) is 11.9 Å². The number of hydrogen-bond acceptors (Lipinski definition) is 4. The summed E-state index contributed by atoms with van der Waals surface area (Å²) >= 11 is 0. The van der Waals surface area contributed by atoms with Gasteiger partial charge in [0, 0.05) is 25.6 Å². The fourth-order valence-electron chi connectivity index (χ4n) is 1.73. The first-order valence-electron chi connectivity index (χ1n) is 6.94. The molecule has 0 heterocycles. The summed E-state index contributed by atoms with van der Waals surface area (Å²) in [4.78, 5) is 24.8. The number of ether oxygens (including phenoxy) is 1. The Morgan fingerprint density at radius 3 is 2.32 bits per heavy atom. The third kappa shape index (κ3) is 9.47. The van der Waals surface area contributed by atoms with Crippen LogP contribution in [0.4, 0.5) is 0 Å². The second kappa shape index (κ2) is 9.78. The van der Waals surface area contributed by atoms with Crippen LogP contribution in [0.2, 0.25) is 0 Å². The molecule has 1 N–H and O–H groups in total. The Morgan fingerprint density at radius 1 is 1.21 bits per heavy atom. The van der Waals surface area contributed by atoms with Crippen LogP contribution in [0.15, 0.2) is 0 Å². The van der Waals surface area contributed by atoms with Crippen LogP contribution in [0.1, 0.15) is 40.5 Å². The second-order valence-electron chi connectivity index (χ2n) is 5.45. The van der Waals surface area contributed by atoms with Gasteiger partial charge in [-0.05, 0) is 26.2 Å². The number of nitrogens with one attached hydrogen (secondary N) is 1. The fourth-order valence-corrected chi connectivity index (χ4v) is 1.73. The summed E-state index contributed by atoms with van der Waals surface area (Å²) in [5.74, 6) is 0.312. The average Bonchev–Trinajstić information content (AvgIpc) is 2.32. The first kappa shape index (κ1) is 17.9. The van der Waals surface area contributed by atoms with Gasteiger partial charge in [-0.15, -0.1) is 0 Å². The topological polar surface area (TPSA) is 58.6 Å². The molecule has 0 spiro atoms. The van der Waals surface area contributed by atoms with Crippen molar-refractivity contribution in [1.82, 2.24) is 10.2 Å². The summed E-state index contributed by atoms with van der Waals surface area (Å²) in [5.41, 5.74) is 0. The molecular formula is C14H28N2O3. The average molecular weight is 272 g/mol. The largest absolute Gasteiger partial charge is 0.469 e. The molecule has 0 aliphatic rings. The van der Waals surface area contributed by atoms with E-state index in [9.17, 15) is 9.59 Å². The number of amides is 1. The molecule has 0 aliphatic heterocycles. The lowest BCUT2D eigenvalue weighted by atomic mass is 10.2. The van der Waals surface area contributed by atoms with Gasteiger partial charge >= 0.3 is 5.97 Å². The van der Waals surface area contributed by atoms with Crippen molar-refractivity contribution in [2.45, 2.75) is 46.6 Å². The third-order valence-corrected chi connectivity index (χ3v) is 2.78. The molecular weight excluding hydrogens is 244 g/mol. The SMILES string of the molecule is COC(=O)CCCNC(=O)CN(CC(C)C)C(C)C. The van der Waals surface area contributed by atoms with Crippen molar-refractivity contribution in [3.63, 3.8) is 0 Å². The van der Waals surface area contributed by atoms with E-state index in [0.29, 0.717) is 37.9 Å². The molecule has 0 fully saturated rings. The van der Waals surface area contributed by atoms with Gasteiger partial charge in [0.15, 0.2) is 0 Å². The van der Waals surface area contributed by atoms with Crippen LogP contribution in [0.25, 0.3) is 0 Å². The lowest BCUT2D eigenvalue weighted by molar-refractivity contribution is -0.140. The minimum absolute atomic E-state index is 0.0132. The highest BCUT2D eigenvalue weighted by molar-refractivity contribution is 5.78. The van der Waals surface area contributed by atoms with Gasteiger partial charge in [-0.2, -0.15) is 0 Å². The number of carbonyl (C=O) groups excluding carboxylic acids is 2. The highest BCUT2D eigenvalue weighted by Gasteiger charge is 2.14. The van der Waals surface area contributed by atoms with E-state index in [1.54, 1.807) is 0 Å². The molecule has 5 heteroatoms. The van der Waals surface area contributed by atoms with Gasteiger partial charge in [0.2, 0.25) is 5.91 Å². The number of carbonyl (C=O) groups is 2. The molecule has 0 rings (SSSR count). The van der Waals surface area contributed by atoms with Crippen molar-refractivity contribution in [2.75, 3.05) is 26.7 Å². The predicted octanol–water partition coefficient (Wildman–Crippen LogP) is 1.42. The van der Waals surface area contributed by atoms with Gasteiger partial charge in [0.25, 0.3) is 0 Å². The number of rotatable bonds is 9. The molecule has 112 valence electrons. The lowest BCUT2D eigenvalue weighted by Crippen LogP contribution is -2.42. The van der Waals surface area contributed by atoms with E-state index in [1.807, 2.05) is 0 Å². The van der Waals surface area contributed by atoms with Crippen LogP contribution in [-0.4, -0.2) is 49.6 Å². The van der Waals surface area contributed by atoms with E-state index in [1.165, 1.54) is 7.11 Å². The van der Waals surface area contributed by atoms with E-state index < -0.39 is 0 Å². The molecule has 0 aromatic heterocycles. The van der Waals surface area contributed by atoms with Crippen LogP contribution in [0.5, 0.6) is 0 Å². The van der Waals surface area contributed by atoms with E-state index in [2.05, 4.69) is 42.6 Å². The molecule has 0 saturated carbocycles. The van der Waals surface area contributed by atoms with Crippen molar-refractivity contribution in [2.24, 2.45) is 5.92 Å². The Bertz CT molecular complexity index is 278. The molecule has 0 bridgehead atoms. The summed E-state index contributed by atoms with van der Waals surface area (Å²) in [6.07, 6.45) is 0.959. The fraction of sp³-hybridized carbons (Fsp3) is 0.857. The molecule has 0 radical (unpaired) electrons. The van der Waals surface area contributed by atoms with Gasteiger partial charge in [-0.3, -0.25) is 14.5 Å². The van der Waals surface area contributed by atoms with E-state index >= 15 is 0 Å². The summed E-state index contributed by atoms with van der Waals surface area (Å²) in [7, 11) is 1.37. The Hall–Kier alpha value is -1.10. The molecule has 19 heavy (non-hydrogen) atoms. The van der Waals surface area contributed by atoms with Crippen LogP contribution >= 0.6 is 0 Å². The summed E-state index contributed by atoms with van der Waals surface area (Å²) in [5, 5.41) is 2.83. The first-order chi connectivity index (χ1) is 8.86. The Labute approximate surface area is 116 Å². The zero-order valence-electron chi connectivity index (χ0n) is 12.9. The standard InChI is InChI=1S/C14H28N2O3/c1-11(2)9-16(12(3)4)10-13(17)15-8-6-7-14(18)19-5/h11-12H,6-10H2,1-5H3,(H,15,17). The van der Waals surface area contributed by atoms with Crippen LogP contribution < -0.4 is 5.32 Å². The molecule has 1 amide bonds. The number of esters is 1. The Balaban J connectivity index is 3.90. The van der Waals surface area contributed by atoms with Crippen molar-refractivity contribution in [1.29, 1.82) is 0 Å². The molecule has 0 aliphatic carbocycles. The maximum absolute atomic E-state index is 11.8. The third-order valence-electron chi connectivity index (χ3n) is 2.78. The molecule has 0 unspecified atom stereocenters. The molecule has 0 saturated heterocycles. The summed E-state index contributed by atoms with van der Waals surface area (Å²) in [6, 6.07) is 0.350. The van der Waals surface area contributed by atoms with Crippen LogP contribution in [0, 0.1) is 5.92 Å². The maximum Gasteiger partial charge on any atom is 0.305 e. The van der Waals surface area contributed by atoms with Crippen LogP contribution in [0.3, 0.4) is 0 Å². The summed E-state index contributed by atoms with van der Waals surface area (Å²) < 4.78 is 4.54. The summed E-state index contributed by atoms with van der Waals surface area (Å²) in [6.45, 7) is 10.3. The number of methoxy groups -OCH3 is 1. The van der Waals surface area contributed by atoms with Gasteiger partial charge in [0.05, 0.1) is 13.7 Å². The molecule has 0 atom stereocenters. The Kier molecular flexibility index (Phi) is 9.21. The number of nitrogens with zero attached hydrogens (tertiary/aromatic N) is 1. The van der Waals surface area contributed by atoms with Gasteiger partial charge in [-0.25, -0.2) is 0 Å². The van der Waals surface area contributed by atoms with Crippen molar-refractivity contribution >= 4 is 11.9 Å². The van der Waals surface area contributed by atoms with Crippen LogP contribution in [-0.2, 0) is 14.3 Å². The minimum Gasteiger partial charge on any atom is -0.469 e. The monoisotopic (exact) mass is 272 g/mol. The zero-order chi connectivity index (χ0) is 14.8. The normalized spacial score (nSPS) is 11.2. The Morgan fingerprint density at radius 2 is 1.84 bits per heavy atom. The number of hydrogen-bond donors (Lipinski definition) is 1. The van der Waals surface area contributed by atoms with E-state index in [4.69, 9.17) is 0 Å². The van der Waals surface area contributed by atoms with Gasteiger partial charge < -0.3 is 10.1 Å². The highest BCUT2D eigenvalue weighted by atomic mass is 16.5. The minimum atomic E-state index is -0.238. The van der Waals surface area contributed by atoms with Crippen molar-refractivity contribution in [3.8, 4) is 0 Å². The predicted molar refractivity (Wildman–Crippen MR) is 75.8 cm³/mol. The molecule has 0 aromatic rings. The molecule has 0 aromatic carbocycles. The van der Waals surface area contributed by atoms with Crippen molar-refractivity contribution < 1.29 is 14.3 Å². The quantitative estimate of drug-likeness (QED) is 0.509. The van der Waals surface area contributed by atoms with E-state index in [0.717, 1.165) is 6.54 Å². The highest BCUT2D eigenvalue weighted by Crippen LogP contribution is 2.03. The first-order valence-corrected chi connectivity index (χ1v) is 6.94. The van der Waals surface area contributed by atoms with Gasteiger partial charge in [-0.1, -0.05) is 13.8 Å². The smallest absolute Gasteiger partial charge is 0.305 e. The lowest BCUT2D eigenvalue weighted by Gasteiger charge is -2.27. The van der Waals surface area contributed by atoms with Gasteiger partial charge in [0.1, 0.15) is 0 Å².